The Bertz CT molecular complexity index is 197. The zero-order chi connectivity index (χ0) is 12.7. The number of rotatable bonds is 8. The van der Waals surface area contributed by atoms with E-state index in [1.165, 1.54) is 0 Å². The van der Waals surface area contributed by atoms with Crippen LogP contribution in [-0.4, -0.2) is 16.8 Å². The number of Topliss-reactive ketones (excluding diaryl/α,β-unsaturated/α-hetero) is 1. The Labute approximate surface area is 106 Å². The maximum atomic E-state index is 12.0. The lowest BCUT2D eigenvalue weighted by Gasteiger charge is -2.20. The highest BCUT2D eigenvalue weighted by Crippen LogP contribution is 2.23. The van der Waals surface area contributed by atoms with Gasteiger partial charge in [-0.3, -0.25) is 4.79 Å². The number of hydrogen-bond acceptors (Lipinski definition) is 2. The minimum absolute atomic E-state index is 0.188. The van der Waals surface area contributed by atoms with E-state index in [1.54, 1.807) is 0 Å². The smallest absolute Gasteiger partial charge is 0.138 e. The minimum atomic E-state index is 0.188. The Balaban J connectivity index is 4.15. The van der Waals surface area contributed by atoms with Crippen molar-refractivity contribution < 1.29 is 4.79 Å². The van der Waals surface area contributed by atoms with Crippen LogP contribution in [0.1, 0.15) is 54.4 Å². The quantitative estimate of drug-likeness (QED) is 0.629. The van der Waals surface area contributed by atoms with Gasteiger partial charge in [-0.1, -0.05) is 41.5 Å². The molecular weight excluding hydrogens is 216 g/mol. The molecule has 0 saturated heterocycles. The van der Waals surface area contributed by atoms with Gasteiger partial charge in [-0.25, -0.2) is 0 Å². The standard InChI is InChI=1S/C14H28OS/c1-10(2)9-13(14(15)11(3)4)7-8-16-12(5)6/h10-13H,7-9H2,1-6H3. The van der Waals surface area contributed by atoms with Crippen LogP contribution in [0.4, 0.5) is 0 Å². The average molecular weight is 244 g/mol. The van der Waals surface area contributed by atoms with Crippen molar-refractivity contribution in [1.82, 2.24) is 0 Å². The van der Waals surface area contributed by atoms with Crippen LogP contribution in [0.2, 0.25) is 0 Å². The summed E-state index contributed by atoms with van der Waals surface area (Å²) in [6, 6.07) is 0. The molecule has 0 bridgehead atoms. The van der Waals surface area contributed by atoms with Gasteiger partial charge in [-0.05, 0) is 29.8 Å². The normalized spacial score (nSPS) is 13.8. The molecule has 16 heavy (non-hydrogen) atoms. The van der Waals surface area contributed by atoms with E-state index in [0.717, 1.165) is 18.6 Å². The van der Waals surface area contributed by atoms with Crippen molar-refractivity contribution in [2.45, 2.75) is 59.6 Å². The van der Waals surface area contributed by atoms with Crippen LogP contribution < -0.4 is 0 Å². The van der Waals surface area contributed by atoms with E-state index >= 15 is 0 Å². The summed E-state index contributed by atoms with van der Waals surface area (Å²) < 4.78 is 0. The van der Waals surface area contributed by atoms with E-state index in [9.17, 15) is 4.79 Å². The van der Waals surface area contributed by atoms with Crippen LogP contribution >= 0.6 is 11.8 Å². The van der Waals surface area contributed by atoms with Crippen molar-refractivity contribution in [2.24, 2.45) is 17.8 Å². The van der Waals surface area contributed by atoms with Crippen LogP contribution in [0.15, 0.2) is 0 Å². The predicted octanol–water partition coefficient (Wildman–Crippen LogP) is 4.41. The molecule has 0 amide bonds. The molecular formula is C14H28OS. The Morgan fingerprint density at radius 2 is 1.62 bits per heavy atom. The first-order valence-electron chi connectivity index (χ1n) is 6.49. The summed E-state index contributed by atoms with van der Waals surface area (Å²) in [7, 11) is 0. The van der Waals surface area contributed by atoms with Gasteiger partial charge < -0.3 is 0 Å². The molecule has 0 fully saturated rings. The van der Waals surface area contributed by atoms with Crippen LogP contribution in [0.25, 0.3) is 0 Å². The fourth-order valence-electron chi connectivity index (χ4n) is 1.86. The second kappa shape index (κ2) is 8.16. The van der Waals surface area contributed by atoms with E-state index in [4.69, 9.17) is 0 Å². The van der Waals surface area contributed by atoms with Gasteiger partial charge in [0.2, 0.25) is 0 Å². The molecule has 0 aromatic rings. The minimum Gasteiger partial charge on any atom is -0.299 e. The average Bonchev–Trinajstić information content (AvgIpc) is 2.13. The van der Waals surface area contributed by atoms with Gasteiger partial charge in [-0.15, -0.1) is 0 Å². The highest BCUT2D eigenvalue weighted by molar-refractivity contribution is 7.99. The van der Waals surface area contributed by atoms with Gasteiger partial charge in [0.05, 0.1) is 0 Å². The summed E-state index contributed by atoms with van der Waals surface area (Å²) in [5.41, 5.74) is 0. The number of ketones is 1. The topological polar surface area (TPSA) is 17.1 Å². The van der Waals surface area contributed by atoms with Gasteiger partial charge in [0.1, 0.15) is 5.78 Å². The van der Waals surface area contributed by atoms with E-state index in [1.807, 2.05) is 25.6 Å². The van der Waals surface area contributed by atoms with Crippen LogP contribution in [0.5, 0.6) is 0 Å². The first kappa shape index (κ1) is 16.0. The summed E-state index contributed by atoms with van der Waals surface area (Å²) in [4.78, 5) is 12.0. The third kappa shape index (κ3) is 7.32. The molecule has 0 rings (SSSR count). The Morgan fingerprint density at radius 3 is 2.00 bits per heavy atom. The van der Waals surface area contributed by atoms with Gasteiger partial charge in [0.25, 0.3) is 0 Å². The Kier molecular flexibility index (Phi) is 8.17. The highest BCUT2D eigenvalue weighted by atomic mass is 32.2. The van der Waals surface area contributed by atoms with Crippen molar-refractivity contribution in [1.29, 1.82) is 0 Å². The Morgan fingerprint density at radius 1 is 1.06 bits per heavy atom. The van der Waals surface area contributed by atoms with Crippen LogP contribution in [-0.2, 0) is 4.79 Å². The molecule has 1 unspecified atom stereocenters. The number of thioether (sulfide) groups is 1. The zero-order valence-electron chi connectivity index (χ0n) is 11.7. The first-order chi connectivity index (χ1) is 7.34. The summed E-state index contributed by atoms with van der Waals surface area (Å²) in [6.07, 6.45) is 2.10. The van der Waals surface area contributed by atoms with E-state index in [2.05, 4.69) is 27.7 Å². The van der Waals surface area contributed by atoms with Gasteiger partial charge in [-0.2, -0.15) is 11.8 Å². The zero-order valence-corrected chi connectivity index (χ0v) is 12.6. The fraction of sp³-hybridized carbons (Fsp3) is 0.929. The SMILES string of the molecule is CC(C)CC(CCSC(C)C)C(=O)C(C)C. The second-order valence-corrected chi connectivity index (χ2v) is 7.28. The lowest BCUT2D eigenvalue weighted by molar-refractivity contribution is -0.126. The molecule has 0 radical (unpaired) electrons. The van der Waals surface area contributed by atoms with Gasteiger partial charge >= 0.3 is 0 Å². The van der Waals surface area contributed by atoms with E-state index in [-0.39, 0.29) is 11.8 Å². The monoisotopic (exact) mass is 244 g/mol. The van der Waals surface area contributed by atoms with Gasteiger partial charge in [0.15, 0.2) is 0 Å². The molecule has 0 saturated carbocycles. The van der Waals surface area contributed by atoms with Crippen molar-refractivity contribution >= 4 is 17.5 Å². The predicted molar refractivity (Wildman–Crippen MR) is 75.0 cm³/mol. The molecule has 96 valence electrons. The molecule has 0 aliphatic rings. The fourth-order valence-corrected chi connectivity index (χ4v) is 2.75. The number of carbonyl (C=O) groups excluding carboxylic acids is 1. The molecule has 2 heteroatoms. The molecule has 1 nitrogen and oxygen atoms in total. The molecule has 1 atom stereocenters. The lowest BCUT2D eigenvalue weighted by atomic mass is 9.86. The summed E-state index contributed by atoms with van der Waals surface area (Å²) in [6.45, 7) is 12.9. The lowest BCUT2D eigenvalue weighted by Crippen LogP contribution is -2.22. The first-order valence-corrected chi connectivity index (χ1v) is 7.54. The van der Waals surface area contributed by atoms with Crippen molar-refractivity contribution in [2.75, 3.05) is 5.75 Å². The summed E-state index contributed by atoms with van der Waals surface area (Å²) >= 11 is 1.96. The number of hydrogen-bond donors (Lipinski definition) is 0. The van der Waals surface area contributed by atoms with Crippen molar-refractivity contribution in [3.05, 3.63) is 0 Å². The van der Waals surface area contributed by atoms with Crippen LogP contribution in [0.3, 0.4) is 0 Å². The molecule has 0 spiro atoms. The molecule has 0 heterocycles. The third-order valence-electron chi connectivity index (χ3n) is 2.64. The maximum absolute atomic E-state index is 12.0. The highest BCUT2D eigenvalue weighted by Gasteiger charge is 2.21. The van der Waals surface area contributed by atoms with E-state index in [0.29, 0.717) is 17.0 Å². The summed E-state index contributed by atoms with van der Waals surface area (Å²) in [5, 5.41) is 0.675. The molecule has 0 aliphatic carbocycles. The van der Waals surface area contributed by atoms with E-state index < -0.39 is 0 Å². The Hall–Kier alpha value is 0.0200. The third-order valence-corrected chi connectivity index (χ3v) is 3.78. The van der Waals surface area contributed by atoms with Crippen LogP contribution in [0, 0.1) is 17.8 Å². The largest absolute Gasteiger partial charge is 0.299 e. The number of carbonyl (C=O) groups is 1. The molecule has 0 N–H and O–H groups in total. The maximum Gasteiger partial charge on any atom is 0.138 e. The molecule has 0 aromatic carbocycles. The summed E-state index contributed by atoms with van der Waals surface area (Å²) in [5.74, 6) is 2.67. The molecule has 0 aromatic heterocycles. The van der Waals surface area contributed by atoms with Gasteiger partial charge in [0, 0.05) is 11.8 Å². The van der Waals surface area contributed by atoms with Crippen molar-refractivity contribution in [3.8, 4) is 0 Å². The molecule has 0 aliphatic heterocycles. The second-order valence-electron chi connectivity index (χ2n) is 5.59. The van der Waals surface area contributed by atoms with Crippen molar-refractivity contribution in [3.63, 3.8) is 0 Å².